The van der Waals surface area contributed by atoms with E-state index >= 15 is 0 Å². The van der Waals surface area contributed by atoms with Gasteiger partial charge >= 0.3 is 12.1 Å². The van der Waals surface area contributed by atoms with Crippen LogP contribution in [-0.4, -0.2) is 20.6 Å². The lowest BCUT2D eigenvalue weighted by Gasteiger charge is -2.08. The lowest BCUT2D eigenvalue weighted by atomic mass is 10.1. The Labute approximate surface area is 198 Å². The van der Waals surface area contributed by atoms with E-state index in [-0.39, 0.29) is 6.42 Å². The summed E-state index contributed by atoms with van der Waals surface area (Å²) in [5.41, 5.74) is 1.80. The number of alkyl halides is 3. The lowest BCUT2D eigenvalue weighted by molar-refractivity contribution is -0.138. The molecular formula is C25H23F3N2O3S. The number of carbonyl (C=O) groups is 1. The molecule has 34 heavy (non-hydrogen) atoms. The number of aromatic nitrogens is 2. The second-order valence-corrected chi connectivity index (χ2v) is 9.06. The maximum atomic E-state index is 12.8. The Kier molecular flexibility index (Phi) is 6.92. The molecule has 0 bridgehead atoms. The van der Waals surface area contributed by atoms with Crippen LogP contribution in [0, 0.1) is 6.92 Å². The standard InChI is InChI=1S/C25H23F3N2O3S/c1-16-22(34-24(29-16)17-5-7-19(8-6-17)25(26,27)28)15-33-20-9-10-21-18(14-20)11-13-30(21)12-3-2-4-23(31)32/h5-11,13-14H,2-4,12,15H2,1H3,(H,31,32). The summed E-state index contributed by atoms with van der Waals surface area (Å²) in [6, 6.07) is 12.8. The number of nitrogens with zero attached hydrogens (tertiary/aromatic N) is 2. The van der Waals surface area contributed by atoms with Crippen molar-refractivity contribution in [3.63, 3.8) is 0 Å². The molecule has 0 saturated carbocycles. The molecular weight excluding hydrogens is 465 g/mol. The maximum absolute atomic E-state index is 12.8. The van der Waals surface area contributed by atoms with Crippen molar-refractivity contribution in [3.8, 4) is 16.3 Å². The van der Waals surface area contributed by atoms with Gasteiger partial charge in [0.2, 0.25) is 0 Å². The molecule has 0 radical (unpaired) electrons. The highest BCUT2D eigenvalue weighted by Gasteiger charge is 2.30. The molecule has 0 aliphatic rings. The topological polar surface area (TPSA) is 64.4 Å². The van der Waals surface area contributed by atoms with Crippen LogP contribution in [0.3, 0.4) is 0 Å². The zero-order valence-corrected chi connectivity index (χ0v) is 19.2. The number of fused-ring (bicyclic) bond motifs is 1. The van der Waals surface area contributed by atoms with Gasteiger partial charge in [-0.15, -0.1) is 11.3 Å². The van der Waals surface area contributed by atoms with Crippen LogP contribution in [0.2, 0.25) is 0 Å². The molecule has 2 heterocycles. The molecule has 0 aliphatic carbocycles. The minimum absolute atomic E-state index is 0.175. The molecule has 0 aliphatic heterocycles. The molecule has 9 heteroatoms. The number of rotatable bonds is 9. The largest absolute Gasteiger partial charge is 0.488 e. The van der Waals surface area contributed by atoms with Crippen molar-refractivity contribution >= 4 is 28.2 Å². The van der Waals surface area contributed by atoms with E-state index in [0.717, 1.165) is 46.6 Å². The molecule has 0 spiro atoms. The molecule has 2 aromatic carbocycles. The minimum atomic E-state index is -4.36. The van der Waals surface area contributed by atoms with Crippen molar-refractivity contribution < 1.29 is 27.8 Å². The van der Waals surface area contributed by atoms with E-state index in [1.54, 1.807) is 0 Å². The van der Waals surface area contributed by atoms with Crippen LogP contribution in [0.15, 0.2) is 54.7 Å². The third kappa shape index (κ3) is 5.59. The maximum Gasteiger partial charge on any atom is 0.416 e. The van der Waals surface area contributed by atoms with Crippen LogP contribution in [0.1, 0.15) is 35.4 Å². The van der Waals surface area contributed by atoms with E-state index in [0.29, 0.717) is 29.3 Å². The number of hydrogen-bond donors (Lipinski definition) is 1. The van der Waals surface area contributed by atoms with Crippen molar-refractivity contribution in [3.05, 3.63) is 70.9 Å². The fourth-order valence-electron chi connectivity index (χ4n) is 3.66. The van der Waals surface area contributed by atoms with Crippen molar-refractivity contribution in [1.29, 1.82) is 0 Å². The summed E-state index contributed by atoms with van der Waals surface area (Å²) >= 11 is 1.40. The second kappa shape index (κ2) is 9.89. The number of thiazole rings is 1. The fraction of sp³-hybridized carbons (Fsp3) is 0.280. The highest BCUT2D eigenvalue weighted by molar-refractivity contribution is 7.15. The third-order valence-corrected chi connectivity index (χ3v) is 6.68. The first-order valence-electron chi connectivity index (χ1n) is 10.8. The summed E-state index contributed by atoms with van der Waals surface area (Å²) in [6.07, 6.45) is -0.772. The summed E-state index contributed by atoms with van der Waals surface area (Å²) in [6.45, 7) is 2.92. The Morgan fingerprint density at radius 3 is 2.59 bits per heavy atom. The number of unbranched alkanes of at least 4 members (excludes halogenated alkanes) is 1. The lowest BCUT2D eigenvalue weighted by Crippen LogP contribution is -2.03. The Bertz CT molecular complexity index is 1290. The molecule has 1 N–H and O–H groups in total. The molecule has 178 valence electrons. The minimum Gasteiger partial charge on any atom is -0.488 e. The highest BCUT2D eigenvalue weighted by Crippen LogP contribution is 2.33. The number of carboxylic acids is 1. The van der Waals surface area contributed by atoms with Gasteiger partial charge in [-0.3, -0.25) is 4.79 Å². The first-order valence-corrected chi connectivity index (χ1v) is 11.6. The van der Waals surface area contributed by atoms with Gasteiger partial charge in [-0.05, 0) is 56.2 Å². The van der Waals surface area contributed by atoms with E-state index in [1.165, 1.54) is 23.5 Å². The summed E-state index contributed by atoms with van der Waals surface area (Å²) in [5.74, 6) is -0.0678. The van der Waals surface area contributed by atoms with Crippen molar-refractivity contribution in [2.45, 2.75) is 45.5 Å². The molecule has 4 rings (SSSR count). The van der Waals surface area contributed by atoms with E-state index in [1.807, 2.05) is 37.4 Å². The number of aryl methyl sites for hydroxylation is 2. The summed E-state index contributed by atoms with van der Waals surface area (Å²) in [7, 11) is 0. The molecule has 0 unspecified atom stereocenters. The summed E-state index contributed by atoms with van der Waals surface area (Å²) in [4.78, 5) is 16.1. The zero-order chi connectivity index (χ0) is 24.3. The van der Waals surface area contributed by atoms with E-state index in [9.17, 15) is 18.0 Å². The summed E-state index contributed by atoms with van der Waals surface area (Å²) < 4.78 is 46.5. The quantitative estimate of drug-likeness (QED) is 0.260. The van der Waals surface area contributed by atoms with E-state index in [4.69, 9.17) is 9.84 Å². The van der Waals surface area contributed by atoms with Gasteiger partial charge in [0.05, 0.1) is 16.1 Å². The van der Waals surface area contributed by atoms with Gasteiger partial charge in [0.25, 0.3) is 0 Å². The number of benzene rings is 2. The normalized spacial score (nSPS) is 11.8. The molecule has 0 amide bonds. The predicted molar refractivity (Wildman–Crippen MR) is 125 cm³/mol. The Morgan fingerprint density at radius 1 is 1.12 bits per heavy atom. The van der Waals surface area contributed by atoms with Crippen LogP contribution in [0.4, 0.5) is 13.2 Å². The Morgan fingerprint density at radius 2 is 1.88 bits per heavy atom. The number of ether oxygens (including phenoxy) is 1. The zero-order valence-electron chi connectivity index (χ0n) is 18.4. The summed E-state index contributed by atoms with van der Waals surface area (Å²) in [5, 5.41) is 10.4. The van der Waals surface area contributed by atoms with Gasteiger partial charge in [0.1, 0.15) is 17.4 Å². The van der Waals surface area contributed by atoms with E-state index in [2.05, 4.69) is 9.55 Å². The van der Waals surface area contributed by atoms with Gasteiger partial charge < -0.3 is 14.4 Å². The van der Waals surface area contributed by atoms with Crippen LogP contribution >= 0.6 is 11.3 Å². The molecule has 2 aromatic heterocycles. The molecule has 0 saturated heterocycles. The predicted octanol–water partition coefficient (Wildman–Crippen LogP) is 6.93. The monoisotopic (exact) mass is 488 g/mol. The van der Waals surface area contributed by atoms with Gasteiger partial charge in [0, 0.05) is 35.6 Å². The number of aliphatic carboxylic acids is 1. The number of carboxylic acid groups (broad SMARTS) is 1. The highest BCUT2D eigenvalue weighted by atomic mass is 32.1. The van der Waals surface area contributed by atoms with Gasteiger partial charge in [-0.2, -0.15) is 13.2 Å². The second-order valence-electron chi connectivity index (χ2n) is 7.97. The average Bonchev–Trinajstić information content (AvgIpc) is 3.37. The average molecular weight is 489 g/mol. The smallest absolute Gasteiger partial charge is 0.416 e. The molecule has 4 aromatic rings. The number of hydrogen-bond acceptors (Lipinski definition) is 4. The van der Waals surface area contributed by atoms with Crippen LogP contribution in [0.5, 0.6) is 5.75 Å². The van der Waals surface area contributed by atoms with Gasteiger partial charge in [-0.1, -0.05) is 12.1 Å². The number of halogens is 3. The Hall–Kier alpha value is -3.33. The van der Waals surface area contributed by atoms with Crippen LogP contribution in [0.25, 0.3) is 21.5 Å². The Balaban J connectivity index is 1.40. The van der Waals surface area contributed by atoms with Crippen molar-refractivity contribution in [2.75, 3.05) is 0 Å². The molecule has 0 atom stereocenters. The van der Waals surface area contributed by atoms with Crippen molar-refractivity contribution in [2.24, 2.45) is 0 Å². The van der Waals surface area contributed by atoms with Crippen LogP contribution < -0.4 is 4.74 Å². The van der Waals surface area contributed by atoms with Crippen LogP contribution in [-0.2, 0) is 24.1 Å². The fourth-order valence-corrected chi connectivity index (χ4v) is 4.64. The first-order chi connectivity index (χ1) is 16.2. The SMILES string of the molecule is Cc1nc(-c2ccc(C(F)(F)F)cc2)sc1COc1ccc2c(ccn2CCCCC(=O)O)c1. The molecule has 0 fully saturated rings. The molecule has 5 nitrogen and oxygen atoms in total. The van der Waals surface area contributed by atoms with Crippen molar-refractivity contribution in [1.82, 2.24) is 9.55 Å². The first kappa shape index (κ1) is 23.8. The van der Waals surface area contributed by atoms with Gasteiger partial charge in [-0.25, -0.2) is 4.98 Å². The van der Waals surface area contributed by atoms with Gasteiger partial charge in [0.15, 0.2) is 0 Å². The third-order valence-electron chi connectivity index (χ3n) is 5.50. The van der Waals surface area contributed by atoms with E-state index < -0.39 is 17.7 Å².